The third-order valence-corrected chi connectivity index (χ3v) is 30.7. The van der Waals surface area contributed by atoms with Crippen molar-refractivity contribution in [2.75, 3.05) is 0 Å². The summed E-state index contributed by atoms with van der Waals surface area (Å²) in [7, 11) is -6.22. The predicted molar refractivity (Wildman–Crippen MR) is 293 cm³/mol. The molecular formula is C55H93NO13Si3. The van der Waals surface area contributed by atoms with E-state index in [4.69, 9.17) is 32.2 Å². The van der Waals surface area contributed by atoms with E-state index in [1.807, 2.05) is 26.0 Å². The zero-order valence-corrected chi connectivity index (χ0v) is 49.7. The van der Waals surface area contributed by atoms with Crippen LogP contribution in [0.15, 0.2) is 60.2 Å². The van der Waals surface area contributed by atoms with Gasteiger partial charge in [0.05, 0.1) is 41.7 Å². The molecule has 1 aromatic carbocycles. The Morgan fingerprint density at radius 3 is 2.00 bits per heavy atom. The van der Waals surface area contributed by atoms with Gasteiger partial charge < -0.3 is 37.3 Å². The van der Waals surface area contributed by atoms with Gasteiger partial charge in [-0.2, -0.15) is 0 Å². The maximum absolute atomic E-state index is 14.2. The normalized spacial score (nSPS) is 25.8. The Labute approximate surface area is 435 Å². The Bertz CT molecular complexity index is 1960. The van der Waals surface area contributed by atoms with E-state index in [-0.39, 0.29) is 54.9 Å². The first kappa shape index (κ1) is 62.8. The van der Waals surface area contributed by atoms with Crippen LogP contribution in [0.1, 0.15) is 142 Å². The number of rotatable bonds is 28. The maximum Gasteiger partial charge on any atom is 0.514 e. The summed E-state index contributed by atoms with van der Waals surface area (Å²) in [5, 5.41) is 21.6. The number of aliphatic carboxylic acids is 1. The van der Waals surface area contributed by atoms with Crippen LogP contribution in [0.5, 0.6) is 5.75 Å². The summed E-state index contributed by atoms with van der Waals surface area (Å²) in [6.07, 6.45) is 8.08. The number of esters is 1. The average Bonchev–Trinajstić information content (AvgIpc) is 4.12. The average molecular weight is 1060 g/mol. The number of non-ortho nitro benzene ring substituents is 1. The van der Waals surface area contributed by atoms with Crippen LogP contribution in [-0.2, 0) is 37.1 Å². The van der Waals surface area contributed by atoms with Gasteiger partial charge in [-0.05, 0) is 111 Å². The lowest BCUT2D eigenvalue weighted by Crippen LogP contribution is -2.46. The van der Waals surface area contributed by atoms with Crippen molar-refractivity contribution in [3.8, 4) is 5.75 Å². The number of carbonyl (C=O) groups excluding carboxylic acids is 2. The topological polar surface area (TPSA) is 182 Å². The fourth-order valence-electron chi connectivity index (χ4n) is 10.7. The van der Waals surface area contributed by atoms with Crippen molar-refractivity contribution in [2.24, 2.45) is 17.3 Å². The third-order valence-electron chi connectivity index (χ3n) is 16.5. The molecule has 10 atom stereocenters. The summed E-state index contributed by atoms with van der Waals surface area (Å²) < 4.78 is 45.8. The Kier molecular flexibility index (Phi) is 24.8. The zero-order valence-electron chi connectivity index (χ0n) is 46.7. The molecule has 72 heavy (non-hydrogen) atoms. The van der Waals surface area contributed by atoms with Crippen LogP contribution < -0.4 is 4.74 Å². The first-order valence-corrected chi connectivity index (χ1v) is 34.8. The van der Waals surface area contributed by atoms with Crippen molar-refractivity contribution in [2.45, 2.75) is 239 Å². The number of epoxide rings is 1. The molecule has 0 bridgehead atoms. The fourth-order valence-corrected chi connectivity index (χ4v) is 19.8. The van der Waals surface area contributed by atoms with Crippen molar-refractivity contribution >= 4 is 48.7 Å². The number of benzene rings is 1. The number of cyclic esters (lactones) is 1. The molecule has 2 aliphatic rings. The fraction of sp³-hybridized carbons (Fsp3) is 0.727. The van der Waals surface area contributed by atoms with Gasteiger partial charge in [0.25, 0.3) is 5.69 Å². The zero-order chi connectivity index (χ0) is 54.1. The molecule has 2 aliphatic heterocycles. The first-order chi connectivity index (χ1) is 34.0. The monoisotopic (exact) mass is 1060 g/mol. The number of carboxylic acid groups (broad SMARTS) is 1. The highest BCUT2D eigenvalue weighted by atomic mass is 28.4. The predicted octanol–water partition coefficient (Wildman–Crippen LogP) is 14.5. The third kappa shape index (κ3) is 17.6. The number of nitro groups is 1. The number of carbonyl (C=O) groups is 3. The number of allylic oxidation sites excluding steroid dienone is 2. The van der Waals surface area contributed by atoms with Gasteiger partial charge in [0.2, 0.25) is 0 Å². The highest BCUT2D eigenvalue weighted by Crippen LogP contribution is 2.43. The van der Waals surface area contributed by atoms with Crippen molar-refractivity contribution < 1.29 is 56.6 Å². The Balaban J connectivity index is 2.09. The summed E-state index contributed by atoms with van der Waals surface area (Å²) in [4.78, 5) is 51.0. The smallest absolute Gasteiger partial charge is 0.481 e. The van der Waals surface area contributed by atoms with E-state index >= 15 is 0 Å². The van der Waals surface area contributed by atoms with E-state index in [0.29, 0.717) is 12.8 Å². The minimum atomic E-state index is -2.28. The summed E-state index contributed by atoms with van der Waals surface area (Å²) in [6, 6.07) is 13.8. The number of nitro benzene ring substituents is 1. The molecule has 0 aromatic heterocycles. The Morgan fingerprint density at radius 2 is 1.49 bits per heavy atom. The number of ether oxygens (including phenoxy) is 4. The van der Waals surface area contributed by atoms with Gasteiger partial charge in [-0.1, -0.05) is 114 Å². The molecule has 0 spiro atoms. The molecule has 408 valence electrons. The minimum Gasteiger partial charge on any atom is -0.481 e. The maximum atomic E-state index is 14.2. The van der Waals surface area contributed by atoms with Crippen molar-refractivity contribution in [1.82, 2.24) is 0 Å². The summed E-state index contributed by atoms with van der Waals surface area (Å²) in [5.74, 6) is -1.70. The second kappa shape index (κ2) is 28.4. The molecule has 0 aliphatic carbocycles. The molecule has 1 aromatic rings. The number of nitrogens with zero attached hydrogens (tertiary/aromatic N) is 1. The van der Waals surface area contributed by atoms with Crippen molar-refractivity contribution in [3.63, 3.8) is 0 Å². The molecule has 1 fully saturated rings. The number of hydrogen-bond donors (Lipinski definition) is 1. The van der Waals surface area contributed by atoms with Crippen molar-refractivity contribution in [3.05, 3.63) is 70.3 Å². The number of hydrogen-bond acceptors (Lipinski definition) is 12. The molecule has 3 rings (SSSR count). The minimum absolute atomic E-state index is 0.0199. The van der Waals surface area contributed by atoms with E-state index in [2.05, 4.69) is 89.2 Å². The van der Waals surface area contributed by atoms with Crippen LogP contribution in [0.25, 0.3) is 0 Å². The lowest BCUT2D eigenvalue weighted by molar-refractivity contribution is -0.384. The second-order valence-corrected chi connectivity index (χ2v) is 35.3. The SMILES string of the molecule is CC[C@H](O[Si](CC)(CC)CC)[C@@H](C)[C@H]1O[C@@H]1C[C@](C)(/C=C/C=C(\C)[C@H]1OC(=O)C[C@H](O[Si](CC)(CC)CC)CC[C@](C)(CC(=O)O)[C@H](OC(=O)Oc2ccc([N+](=O)[O-])cc2)/C=C/[C@@H]1C)O[Si](CC)(CC)CC. The molecule has 17 heteroatoms. The van der Waals surface area contributed by atoms with E-state index in [9.17, 15) is 29.6 Å². The van der Waals surface area contributed by atoms with Gasteiger partial charge in [0.15, 0.2) is 25.0 Å². The highest BCUT2D eigenvalue weighted by Gasteiger charge is 2.51. The molecule has 2 heterocycles. The van der Waals surface area contributed by atoms with Gasteiger partial charge in [0.1, 0.15) is 18.0 Å². The van der Waals surface area contributed by atoms with E-state index in [1.54, 1.807) is 19.1 Å². The number of carboxylic acids is 1. The van der Waals surface area contributed by atoms with E-state index < -0.39 is 83.2 Å². The van der Waals surface area contributed by atoms with Gasteiger partial charge in [-0.15, -0.1) is 0 Å². The highest BCUT2D eigenvalue weighted by molar-refractivity contribution is 6.74. The summed E-state index contributed by atoms with van der Waals surface area (Å²) >= 11 is 0. The summed E-state index contributed by atoms with van der Waals surface area (Å²) in [5.41, 5.74) is -1.21. The quantitative estimate of drug-likeness (QED) is 0.0122. The van der Waals surface area contributed by atoms with Crippen LogP contribution in [0.3, 0.4) is 0 Å². The molecule has 0 saturated carbocycles. The van der Waals surface area contributed by atoms with Gasteiger partial charge in [-0.25, -0.2) is 4.79 Å². The largest absolute Gasteiger partial charge is 0.514 e. The molecule has 14 nitrogen and oxygen atoms in total. The second-order valence-electron chi connectivity index (χ2n) is 21.2. The van der Waals surface area contributed by atoms with Crippen LogP contribution in [0, 0.1) is 27.4 Å². The molecular weight excluding hydrogens is 967 g/mol. The van der Waals surface area contributed by atoms with Gasteiger partial charge in [-0.3, -0.25) is 19.7 Å². The molecule has 1 N–H and O–H groups in total. The van der Waals surface area contributed by atoms with Crippen molar-refractivity contribution in [1.29, 1.82) is 0 Å². The molecule has 1 saturated heterocycles. The van der Waals surface area contributed by atoms with E-state index in [0.717, 1.165) is 66.4 Å². The molecule has 0 unspecified atom stereocenters. The standard InChI is InChI=1S/C55H93NO13Si3/c1-16-46(68-71(20-5,21-6)22-7)42(13)52-47(64-52)38-55(15,69-72(23-8,24-9)25-10)35-26-27-40(11)51-41(12)28-33-48(65-53(60)63-44-31-29-43(30-32-44)56(61)62)54(14,39-49(57)58)36-34-45(37-50(59)66-51)67-70(17-2,18-3)19-4/h26-33,35,41-42,45-48,51-52H,16-25,34,36-39H2,1-15H3,(H,57,58)/b33-28+,35-26+,40-27+/t41-,42+,45+,46-,47+,48+,51+,52+,54+,55-/m0/s1. The van der Waals surface area contributed by atoms with Gasteiger partial charge in [0, 0.05) is 41.9 Å². The molecule has 0 radical (unpaired) electrons. The Morgan fingerprint density at radius 1 is 0.917 bits per heavy atom. The van der Waals surface area contributed by atoms with Crippen LogP contribution in [0.2, 0.25) is 54.4 Å². The van der Waals surface area contributed by atoms with Crippen LogP contribution >= 0.6 is 0 Å². The Hall–Kier alpha value is -3.46. The lowest BCUT2D eigenvalue weighted by atomic mass is 9.75. The molecule has 0 amide bonds. The van der Waals surface area contributed by atoms with E-state index in [1.165, 1.54) is 24.3 Å². The summed E-state index contributed by atoms with van der Waals surface area (Å²) in [6.45, 7) is 32.1. The lowest BCUT2D eigenvalue weighted by Gasteiger charge is -2.39. The van der Waals surface area contributed by atoms with Crippen LogP contribution in [0.4, 0.5) is 10.5 Å². The van der Waals surface area contributed by atoms with Crippen LogP contribution in [-0.4, -0.2) is 95.3 Å². The van der Waals surface area contributed by atoms with Gasteiger partial charge >= 0.3 is 18.1 Å². The first-order valence-electron chi connectivity index (χ1n) is 27.3.